The predicted molar refractivity (Wildman–Crippen MR) is 72.9 cm³/mol. The van der Waals surface area contributed by atoms with E-state index in [1.54, 1.807) is 12.1 Å². The van der Waals surface area contributed by atoms with Crippen LogP contribution in [-0.4, -0.2) is 15.6 Å². The third kappa shape index (κ3) is 2.35. The second-order valence-electron chi connectivity index (χ2n) is 4.18. The lowest BCUT2D eigenvalue weighted by molar-refractivity contribution is 0.0697. The average Bonchev–Trinajstić information content (AvgIpc) is 2.72. The normalized spacial score (nSPS) is 11.2. The Morgan fingerprint density at radius 1 is 1.44 bits per heavy atom. The Labute approximate surface area is 106 Å². The summed E-state index contributed by atoms with van der Waals surface area (Å²) in [5, 5.41) is 9.87. The molecule has 0 aliphatic heterocycles. The van der Waals surface area contributed by atoms with E-state index in [0.717, 1.165) is 16.5 Å². The van der Waals surface area contributed by atoms with Gasteiger partial charge >= 0.3 is 5.97 Å². The summed E-state index contributed by atoms with van der Waals surface area (Å²) in [7, 11) is 0. The molecule has 3 nitrogen and oxygen atoms in total. The number of allylic oxidation sites excluding steroid dienone is 3. The fourth-order valence-corrected chi connectivity index (χ4v) is 1.98. The molecule has 1 N–H and O–H groups in total. The van der Waals surface area contributed by atoms with Gasteiger partial charge in [-0.25, -0.2) is 4.79 Å². The van der Waals surface area contributed by atoms with Gasteiger partial charge in [-0.05, 0) is 36.8 Å². The van der Waals surface area contributed by atoms with Crippen molar-refractivity contribution in [2.45, 2.75) is 13.5 Å². The molecule has 0 saturated carbocycles. The number of hydrogen-bond acceptors (Lipinski definition) is 1. The Hall–Kier alpha value is -2.29. The summed E-state index contributed by atoms with van der Waals surface area (Å²) in [5.74, 6) is -0.900. The first-order valence-corrected chi connectivity index (χ1v) is 5.74. The quantitative estimate of drug-likeness (QED) is 0.833. The van der Waals surface area contributed by atoms with E-state index in [9.17, 15) is 4.79 Å². The molecule has 0 fully saturated rings. The number of carboxylic acid groups (broad SMARTS) is 1. The summed E-state index contributed by atoms with van der Waals surface area (Å²) in [6, 6.07) is 7.07. The van der Waals surface area contributed by atoms with Crippen LogP contribution in [-0.2, 0) is 6.54 Å². The van der Waals surface area contributed by atoms with E-state index in [-0.39, 0.29) is 0 Å². The van der Waals surface area contributed by atoms with Crippen molar-refractivity contribution in [2.24, 2.45) is 0 Å². The largest absolute Gasteiger partial charge is 0.478 e. The number of aromatic carboxylic acids is 1. The van der Waals surface area contributed by atoms with E-state index >= 15 is 0 Å². The van der Waals surface area contributed by atoms with E-state index in [1.165, 1.54) is 0 Å². The van der Waals surface area contributed by atoms with E-state index < -0.39 is 5.97 Å². The van der Waals surface area contributed by atoms with Gasteiger partial charge < -0.3 is 9.67 Å². The fourth-order valence-electron chi connectivity index (χ4n) is 1.98. The monoisotopic (exact) mass is 241 g/mol. The van der Waals surface area contributed by atoms with E-state index in [1.807, 2.05) is 37.4 Å². The third-order valence-electron chi connectivity index (χ3n) is 2.79. The number of rotatable bonds is 4. The van der Waals surface area contributed by atoms with Gasteiger partial charge in [0, 0.05) is 23.6 Å². The lowest BCUT2D eigenvalue weighted by Gasteiger charge is -2.05. The van der Waals surface area contributed by atoms with Crippen LogP contribution in [0.5, 0.6) is 0 Å². The second-order valence-corrected chi connectivity index (χ2v) is 4.18. The Bertz CT molecular complexity index is 635. The van der Waals surface area contributed by atoms with Crippen LogP contribution in [0.4, 0.5) is 0 Å². The van der Waals surface area contributed by atoms with E-state index in [4.69, 9.17) is 5.11 Å². The topological polar surface area (TPSA) is 42.2 Å². The van der Waals surface area contributed by atoms with Gasteiger partial charge in [0.15, 0.2) is 0 Å². The van der Waals surface area contributed by atoms with Crippen LogP contribution in [0, 0.1) is 0 Å². The molecule has 3 heteroatoms. The summed E-state index contributed by atoms with van der Waals surface area (Å²) < 4.78 is 2.06. The smallest absolute Gasteiger partial charge is 0.335 e. The first kappa shape index (κ1) is 12.2. The molecular weight excluding hydrogens is 226 g/mol. The van der Waals surface area contributed by atoms with Crippen molar-refractivity contribution >= 4 is 16.9 Å². The van der Waals surface area contributed by atoms with Gasteiger partial charge in [0.05, 0.1) is 5.56 Å². The molecule has 1 aromatic carbocycles. The highest BCUT2D eigenvalue weighted by Gasteiger charge is 2.06. The maximum Gasteiger partial charge on any atom is 0.335 e. The van der Waals surface area contributed by atoms with Crippen molar-refractivity contribution in [3.05, 3.63) is 60.3 Å². The minimum atomic E-state index is -0.900. The summed E-state index contributed by atoms with van der Waals surface area (Å²) in [4.78, 5) is 10.9. The molecule has 18 heavy (non-hydrogen) atoms. The standard InChI is InChI=1S/C15H15NO2/c1-3-4-11(2)10-16-8-7-12-9-13(15(17)18)5-6-14(12)16/h3-9H,2,10H2,1H3,(H,17,18)/b4-3-. The summed E-state index contributed by atoms with van der Waals surface area (Å²) in [6.45, 7) is 6.64. The van der Waals surface area contributed by atoms with Crippen molar-refractivity contribution in [3.63, 3.8) is 0 Å². The molecule has 1 heterocycles. The maximum atomic E-state index is 10.9. The van der Waals surface area contributed by atoms with Crippen molar-refractivity contribution < 1.29 is 9.90 Å². The van der Waals surface area contributed by atoms with Gasteiger partial charge in [0.2, 0.25) is 0 Å². The van der Waals surface area contributed by atoms with Crippen LogP contribution in [0.15, 0.2) is 54.8 Å². The van der Waals surface area contributed by atoms with E-state index in [0.29, 0.717) is 12.1 Å². The number of benzene rings is 1. The SMILES string of the molecule is C=C(/C=C\C)Cn1ccc2cc(C(=O)O)ccc21. The van der Waals surface area contributed by atoms with Gasteiger partial charge in [-0.15, -0.1) is 0 Å². The number of nitrogens with zero attached hydrogens (tertiary/aromatic N) is 1. The minimum absolute atomic E-state index is 0.313. The minimum Gasteiger partial charge on any atom is -0.478 e. The van der Waals surface area contributed by atoms with Gasteiger partial charge in [-0.1, -0.05) is 18.7 Å². The Balaban J connectivity index is 2.37. The maximum absolute atomic E-state index is 10.9. The first-order valence-electron chi connectivity index (χ1n) is 5.74. The summed E-state index contributed by atoms with van der Waals surface area (Å²) in [6.07, 6.45) is 5.87. The van der Waals surface area contributed by atoms with Crippen molar-refractivity contribution in [1.29, 1.82) is 0 Å². The van der Waals surface area contributed by atoms with Crippen LogP contribution >= 0.6 is 0 Å². The molecule has 0 saturated heterocycles. The molecular formula is C15H15NO2. The molecule has 2 aromatic rings. The number of hydrogen-bond donors (Lipinski definition) is 1. The van der Waals surface area contributed by atoms with Gasteiger partial charge in [0.1, 0.15) is 0 Å². The molecule has 0 spiro atoms. The highest BCUT2D eigenvalue weighted by molar-refractivity contribution is 5.93. The molecule has 2 rings (SSSR count). The first-order chi connectivity index (χ1) is 8.61. The zero-order chi connectivity index (χ0) is 13.1. The molecule has 92 valence electrons. The number of fused-ring (bicyclic) bond motifs is 1. The van der Waals surface area contributed by atoms with Crippen molar-refractivity contribution in [2.75, 3.05) is 0 Å². The lowest BCUT2D eigenvalue weighted by atomic mass is 10.1. The predicted octanol–water partition coefficient (Wildman–Crippen LogP) is 3.47. The zero-order valence-electron chi connectivity index (χ0n) is 10.3. The summed E-state index contributed by atoms with van der Waals surface area (Å²) in [5.41, 5.74) is 2.34. The van der Waals surface area contributed by atoms with E-state index in [2.05, 4.69) is 11.1 Å². The molecule has 0 amide bonds. The third-order valence-corrected chi connectivity index (χ3v) is 2.79. The van der Waals surface area contributed by atoms with Crippen molar-refractivity contribution in [3.8, 4) is 0 Å². The molecule has 0 atom stereocenters. The Morgan fingerprint density at radius 3 is 2.89 bits per heavy atom. The number of carboxylic acids is 1. The number of aromatic nitrogens is 1. The lowest BCUT2D eigenvalue weighted by Crippen LogP contribution is -1.98. The number of carbonyl (C=O) groups is 1. The highest BCUT2D eigenvalue weighted by atomic mass is 16.4. The second kappa shape index (κ2) is 4.92. The molecule has 0 bridgehead atoms. The molecule has 0 aliphatic rings. The van der Waals surface area contributed by atoms with Crippen molar-refractivity contribution in [1.82, 2.24) is 4.57 Å². The molecule has 0 unspecified atom stereocenters. The zero-order valence-corrected chi connectivity index (χ0v) is 10.3. The van der Waals surface area contributed by atoms with Crippen LogP contribution < -0.4 is 0 Å². The molecule has 0 radical (unpaired) electrons. The van der Waals surface area contributed by atoms with Crippen LogP contribution in [0.3, 0.4) is 0 Å². The summed E-state index contributed by atoms with van der Waals surface area (Å²) >= 11 is 0. The van der Waals surface area contributed by atoms with Gasteiger partial charge in [-0.2, -0.15) is 0 Å². The Kier molecular flexibility index (Phi) is 3.33. The van der Waals surface area contributed by atoms with Crippen LogP contribution in [0.25, 0.3) is 10.9 Å². The highest BCUT2D eigenvalue weighted by Crippen LogP contribution is 2.19. The van der Waals surface area contributed by atoms with Gasteiger partial charge in [0.25, 0.3) is 0 Å². The fraction of sp³-hybridized carbons (Fsp3) is 0.133. The molecule has 1 aromatic heterocycles. The van der Waals surface area contributed by atoms with Gasteiger partial charge in [-0.3, -0.25) is 0 Å². The van der Waals surface area contributed by atoms with Crippen LogP contribution in [0.1, 0.15) is 17.3 Å². The Morgan fingerprint density at radius 2 is 2.22 bits per heavy atom. The molecule has 0 aliphatic carbocycles. The average molecular weight is 241 g/mol. The van der Waals surface area contributed by atoms with Crippen LogP contribution in [0.2, 0.25) is 0 Å².